The number of amides is 1. The summed E-state index contributed by atoms with van der Waals surface area (Å²) in [5.41, 5.74) is 0.883. The Morgan fingerprint density at radius 2 is 2.37 bits per heavy atom. The second kappa shape index (κ2) is 5.92. The van der Waals surface area contributed by atoms with Gasteiger partial charge in [-0.15, -0.1) is 0 Å². The fourth-order valence-corrected chi connectivity index (χ4v) is 2.04. The monoisotopic (exact) mass is 326 g/mol. The molecular formula is C12H12BrFN4O. The van der Waals surface area contributed by atoms with Crippen LogP contribution in [0.15, 0.2) is 29.0 Å². The van der Waals surface area contributed by atoms with E-state index in [9.17, 15) is 9.18 Å². The zero-order valence-electron chi connectivity index (χ0n) is 10.2. The topological polar surface area (TPSA) is 70.7 Å². The molecule has 7 heteroatoms. The van der Waals surface area contributed by atoms with Crippen molar-refractivity contribution in [2.45, 2.75) is 13.3 Å². The molecule has 19 heavy (non-hydrogen) atoms. The van der Waals surface area contributed by atoms with Crippen LogP contribution in [0.25, 0.3) is 0 Å². The second-order valence-electron chi connectivity index (χ2n) is 4.18. The van der Waals surface area contributed by atoms with Crippen molar-refractivity contribution in [2.24, 2.45) is 5.92 Å². The van der Waals surface area contributed by atoms with Gasteiger partial charge in [-0.2, -0.15) is 10.1 Å². The summed E-state index contributed by atoms with van der Waals surface area (Å²) in [6, 6.07) is 4.71. The molecule has 0 aliphatic heterocycles. The maximum absolute atomic E-state index is 13.1. The van der Waals surface area contributed by atoms with Gasteiger partial charge in [0.1, 0.15) is 12.1 Å². The average molecular weight is 327 g/mol. The Labute approximate surface area is 117 Å². The van der Waals surface area contributed by atoms with Crippen molar-refractivity contribution >= 4 is 27.8 Å². The minimum atomic E-state index is -0.317. The molecule has 0 aliphatic rings. The third kappa shape index (κ3) is 3.60. The second-order valence-corrected chi connectivity index (χ2v) is 5.03. The maximum Gasteiger partial charge on any atom is 0.229 e. The largest absolute Gasteiger partial charge is 0.295 e. The van der Waals surface area contributed by atoms with Crippen LogP contribution in [0.4, 0.5) is 10.3 Å². The molecule has 1 aromatic carbocycles. The Kier molecular flexibility index (Phi) is 4.26. The third-order valence-electron chi connectivity index (χ3n) is 2.63. The van der Waals surface area contributed by atoms with Gasteiger partial charge < -0.3 is 0 Å². The summed E-state index contributed by atoms with van der Waals surface area (Å²) in [4.78, 5) is 15.7. The molecule has 0 saturated carbocycles. The minimum absolute atomic E-state index is 0.169. The molecule has 1 amide bonds. The molecule has 0 spiro atoms. The number of nitrogens with zero attached hydrogens (tertiary/aromatic N) is 2. The van der Waals surface area contributed by atoms with Gasteiger partial charge in [0.15, 0.2) is 0 Å². The third-order valence-corrected chi connectivity index (χ3v) is 3.24. The zero-order valence-corrected chi connectivity index (χ0v) is 11.7. The van der Waals surface area contributed by atoms with E-state index >= 15 is 0 Å². The van der Waals surface area contributed by atoms with Crippen molar-refractivity contribution in [3.8, 4) is 0 Å². The van der Waals surface area contributed by atoms with Gasteiger partial charge in [0.25, 0.3) is 0 Å². The number of halogens is 2. The first-order valence-corrected chi connectivity index (χ1v) is 6.45. The lowest BCUT2D eigenvalue weighted by molar-refractivity contribution is -0.119. The highest BCUT2D eigenvalue weighted by molar-refractivity contribution is 9.10. The Hall–Kier alpha value is -1.76. The highest BCUT2D eigenvalue weighted by Gasteiger charge is 2.15. The molecule has 1 heterocycles. The lowest BCUT2D eigenvalue weighted by Crippen LogP contribution is -2.22. The fourth-order valence-electron chi connectivity index (χ4n) is 1.62. The number of aromatic nitrogens is 3. The van der Waals surface area contributed by atoms with E-state index in [2.05, 4.69) is 36.4 Å². The summed E-state index contributed by atoms with van der Waals surface area (Å²) in [6.45, 7) is 1.79. The first kappa shape index (κ1) is 13.7. The van der Waals surface area contributed by atoms with E-state index in [4.69, 9.17) is 0 Å². The van der Waals surface area contributed by atoms with Crippen LogP contribution < -0.4 is 5.32 Å². The van der Waals surface area contributed by atoms with Crippen molar-refractivity contribution in [1.82, 2.24) is 15.2 Å². The van der Waals surface area contributed by atoms with Gasteiger partial charge in [0, 0.05) is 5.92 Å². The van der Waals surface area contributed by atoms with Crippen LogP contribution in [0.3, 0.4) is 0 Å². The lowest BCUT2D eigenvalue weighted by Gasteiger charge is -2.11. The number of carbonyl (C=O) groups excluding carboxylic acids is 1. The summed E-state index contributed by atoms with van der Waals surface area (Å²) in [5, 5.41) is 8.81. The van der Waals surface area contributed by atoms with Crippen molar-refractivity contribution in [3.63, 3.8) is 0 Å². The molecule has 0 saturated heterocycles. The van der Waals surface area contributed by atoms with Crippen LogP contribution >= 0.6 is 15.9 Å². The Bertz CT molecular complexity index is 573. The van der Waals surface area contributed by atoms with E-state index in [1.165, 1.54) is 12.4 Å². The summed E-state index contributed by atoms with van der Waals surface area (Å²) in [5.74, 6) is -0.431. The molecule has 1 atom stereocenters. The van der Waals surface area contributed by atoms with Gasteiger partial charge in [-0.1, -0.05) is 13.0 Å². The number of H-pyrrole nitrogens is 1. The van der Waals surface area contributed by atoms with Crippen LogP contribution in [0.1, 0.15) is 12.5 Å². The van der Waals surface area contributed by atoms with Crippen molar-refractivity contribution in [1.29, 1.82) is 0 Å². The van der Waals surface area contributed by atoms with Gasteiger partial charge in [-0.3, -0.25) is 10.1 Å². The predicted molar refractivity (Wildman–Crippen MR) is 72.0 cm³/mol. The van der Waals surface area contributed by atoms with Crippen molar-refractivity contribution < 1.29 is 9.18 Å². The highest BCUT2D eigenvalue weighted by Crippen LogP contribution is 2.19. The van der Waals surface area contributed by atoms with Gasteiger partial charge in [-0.05, 0) is 40.0 Å². The molecule has 0 bridgehead atoms. The molecule has 2 aromatic rings. The number of anilines is 1. The number of hydrogen-bond donors (Lipinski definition) is 2. The molecule has 5 nitrogen and oxygen atoms in total. The van der Waals surface area contributed by atoms with Crippen molar-refractivity contribution in [3.05, 3.63) is 40.4 Å². The summed E-state index contributed by atoms with van der Waals surface area (Å²) >= 11 is 3.12. The van der Waals surface area contributed by atoms with E-state index in [1.807, 2.05) is 0 Å². The molecule has 0 aliphatic carbocycles. The minimum Gasteiger partial charge on any atom is -0.295 e. The number of rotatable bonds is 4. The summed E-state index contributed by atoms with van der Waals surface area (Å²) in [7, 11) is 0. The predicted octanol–water partition coefficient (Wildman–Crippen LogP) is 2.52. The van der Waals surface area contributed by atoms with E-state index in [0.29, 0.717) is 16.8 Å². The smallest absolute Gasteiger partial charge is 0.229 e. The fraction of sp³-hybridized carbons (Fsp3) is 0.250. The molecule has 0 radical (unpaired) electrons. The van der Waals surface area contributed by atoms with E-state index in [0.717, 1.165) is 5.56 Å². The lowest BCUT2D eigenvalue weighted by atomic mass is 10.0. The molecular weight excluding hydrogens is 315 g/mol. The summed E-state index contributed by atoms with van der Waals surface area (Å²) < 4.78 is 13.5. The first-order valence-electron chi connectivity index (χ1n) is 5.66. The van der Waals surface area contributed by atoms with E-state index < -0.39 is 0 Å². The average Bonchev–Trinajstić information content (AvgIpc) is 2.86. The first-order chi connectivity index (χ1) is 9.06. The molecule has 1 aromatic heterocycles. The van der Waals surface area contributed by atoms with Gasteiger partial charge in [-0.25, -0.2) is 9.49 Å². The molecule has 100 valence electrons. The SMILES string of the molecule is C[C@H](Cc1ccc(F)c(Br)c1)C(=O)Nc1ncn[nH]1. The normalized spacial score (nSPS) is 12.2. The Morgan fingerprint density at radius 1 is 1.58 bits per heavy atom. The number of nitrogens with one attached hydrogen (secondary N) is 2. The van der Waals surface area contributed by atoms with Crippen LogP contribution in [0.2, 0.25) is 0 Å². The molecule has 0 unspecified atom stereocenters. The maximum atomic E-state index is 13.1. The van der Waals surface area contributed by atoms with Crippen LogP contribution in [-0.4, -0.2) is 21.1 Å². The van der Waals surface area contributed by atoms with Gasteiger partial charge in [0.2, 0.25) is 11.9 Å². The number of hydrogen-bond acceptors (Lipinski definition) is 3. The van der Waals surface area contributed by atoms with E-state index in [-0.39, 0.29) is 17.6 Å². The highest BCUT2D eigenvalue weighted by atomic mass is 79.9. The van der Waals surface area contributed by atoms with Crippen LogP contribution in [-0.2, 0) is 11.2 Å². The quantitative estimate of drug-likeness (QED) is 0.906. The molecule has 2 rings (SSSR count). The summed E-state index contributed by atoms with van der Waals surface area (Å²) in [6.07, 6.45) is 1.83. The number of benzene rings is 1. The number of carbonyl (C=O) groups is 1. The van der Waals surface area contributed by atoms with Crippen molar-refractivity contribution in [2.75, 3.05) is 5.32 Å². The van der Waals surface area contributed by atoms with Gasteiger partial charge in [0.05, 0.1) is 4.47 Å². The number of aromatic amines is 1. The van der Waals surface area contributed by atoms with Crippen LogP contribution in [0.5, 0.6) is 0 Å². The Morgan fingerprint density at radius 3 is 3.00 bits per heavy atom. The molecule has 2 N–H and O–H groups in total. The standard InChI is InChI=1S/C12H12BrFN4O/c1-7(11(19)17-12-15-6-16-18-12)4-8-2-3-10(14)9(13)5-8/h2-3,5-7H,4H2,1H3,(H2,15,16,17,18,19)/t7-/m1/s1. The van der Waals surface area contributed by atoms with Crippen LogP contribution in [0, 0.1) is 11.7 Å². The molecule has 0 fully saturated rings. The van der Waals surface area contributed by atoms with Gasteiger partial charge >= 0.3 is 0 Å². The van der Waals surface area contributed by atoms with E-state index in [1.54, 1.807) is 19.1 Å². The Balaban J connectivity index is 1.98. The zero-order chi connectivity index (χ0) is 13.8.